The number of ether oxygens (including phenoxy) is 2. The van der Waals surface area contributed by atoms with E-state index in [0.717, 1.165) is 0 Å². The van der Waals surface area contributed by atoms with Crippen LogP contribution >= 0.6 is 22.6 Å². The minimum absolute atomic E-state index is 0.273. The molecular formula is C19H17FIN7O4. The third-order valence-electron chi connectivity index (χ3n) is 4.94. The number of carbonyl (C=O) groups is 1. The van der Waals surface area contributed by atoms with Gasteiger partial charge in [0.1, 0.15) is 36.7 Å². The van der Waals surface area contributed by atoms with Crippen LogP contribution in [-0.2, 0) is 9.47 Å². The second kappa shape index (κ2) is 9.75. The second-order valence-electron chi connectivity index (χ2n) is 6.81. The summed E-state index contributed by atoms with van der Waals surface area (Å²) in [5.41, 5.74) is 9.20. The lowest BCUT2D eigenvalue weighted by molar-refractivity contribution is -0.0593. The summed E-state index contributed by atoms with van der Waals surface area (Å²) in [7, 11) is 0. The average Bonchev–Trinajstić information content (AvgIpc) is 3.31. The van der Waals surface area contributed by atoms with Crippen molar-refractivity contribution in [2.75, 3.05) is 18.7 Å². The molecule has 0 unspecified atom stereocenters. The van der Waals surface area contributed by atoms with Crippen molar-refractivity contribution in [1.82, 2.24) is 14.5 Å². The fourth-order valence-corrected chi connectivity index (χ4v) is 4.30. The summed E-state index contributed by atoms with van der Waals surface area (Å²) in [6, 6.07) is 8.66. The molecule has 4 atom stereocenters. The zero-order valence-electron chi connectivity index (χ0n) is 16.4. The Morgan fingerprint density at radius 2 is 2.19 bits per heavy atom. The third kappa shape index (κ3) is 4.25. The van der Waals surface area contributed by atoms with E-state index < -0.39 is 37.9 Å². The largest absolute Gasteiger partial charge is 0.394 e. The van der Waals surface area contributed by atoms with Crippen LogP contribution in [0.25, 0.3) is 21.5 Å². The zero-order chi connectivity index (χ0) is 22.7. The molecule has 3 heterocycles. The first kappa shape index (κ1) is 22.4. The molecule has 2 aromatic heterocycles. The molecule has 1 aliphatic rings. The van der Waals surface area contributed by atoms with E-state index in [1.54, 1.807) is 36.5 Å². The normalized spacial score (nSPS) is 22.6. The molecule has 1 amide bonds. The standard InChI is InChI=1S/C19H17FIN7O4/c20-14-15(31-9-25-27-22)12(7-29)32-19(14)28-6-11(21)13-16(23-8-24-17(13)28)26-18(30)10-4-2-1-3-5-10/h1-6,8,12,14-15,19,29H,7,9H2,(H,23,24,26,30)/t12-,14-,15-,19-/m1/s1. The summed E-state index contributed by atoms with van der Waals surface area (Å²) in [4.78, 5) is 23.6. The number of aromatic nitrogens is 3. The highest BCUT2D eigenvalue weighted by Crippen LogP contribution is 2.38. The van der Waals surface area contributed by atoms with Gasteiger partial charge in [-0.25, -0.2) is 14.4 Å². The molecule has 2 N–H and O–H groups in total. The van der Waals surface area contributed by atoms with Crippen molar-refractivity contribution in [1.29, 1.82) is 0 Å². The number of rotatable bonds is 7. The van der Waals surface area contributed by atoms with Crippen molar-refractivity contribution < 1.29 is 23.8 Å². The van der Waals surface area contributed by atoms with Gasteiger partial charge in [-0.3, -0.25) is 4.79 Å². The van der Waals surface area contributed by atoms with Crippen molar-refractivity contribution in [2.45, 2.75) is 24.6 Å². The predicted molar refractivity (Wildman–Crippen MR) is 119 cm³/mol. The molecule has 32 heavy (non-hydrogen) atoms. The number of aliphatic hydroxyl groups excluding tert-OH is 1. The maximum absolute atomic E-state index is 15.2. The molecule has 0 aliphatic carbocycles. The quantitative estimate of drug-likeness (QED) is 0.199. The Balaban J connectivity index is 1.65. The topological polar surface area (TPSA) is 147 Å². The molecule has 13 heteroatoms. The molecule has 1 aliphatic heterocycles. The monoisotopic (exact) mass is 553 g/mol. The predicted octanol–water partition coefficient (Wildman–Crippen LogP) is 3.17. The van der Waals surface area contributed by atoms with Crippen LogP contribution in [0.2, 0.25) is 0 Å². The van der Waals surface area contributed by atoms with Crippen molar-refractivity contribution >= 4 is 45.3 Å². The SMILES string of the molecule is [N-]=[N+]=NCO[C@H]1[C@@H](F)[C@H](n2cc(I)c3c(NC(=O)c4ccccc4)ncnc32)O[C@@H]1CO. The first-order valence-electron chi connectivity index (χ1n) is 9.45. The lowest BCUT2D eigenvalue weighted by atomic mass is 10.1. The van der Waals surface area contributed by atoms with Gasteiger partial charge < -0.3 is 24.5 Å². The van der Waals surface area contributed by atoms with Gasteiger partial charge in [-0.2, -0.15) is 0 Å². The van der Waals surface area contributed by atoms with E-state index >= 15 is 4.39 Å². The summed E-state index contributed by atoms with van der Waals surface area (Å²) >= 11 is 2.04. The van der Waals surface area contributed by atoms with Crippen LogP contribution in [0.15, 0.2) is 48.0 Å². The van der Waals surface area contributed by atoms with Crippen LogP contribution in [0.4, 0.5) is 10.2 Å². The molecule has 1 fully saturated rings. The van der Waals surface area contributed by atoms with Crippen LogP contribution in [0.1, 0.15) is 16.6 Å². The molecular weight excluding hydrogens is 536 g/mol. The highest BCUT2D eigenvalue weighted by molar-refractivity contribution is 14.1. The highest BCUT2D eigenvalue weighted by atomic mass is 127. The van der Waals surface area contributed by atoms with E-state index in [-0.39, 0.29) is 11.7 Å². The van der Waals surface area contributed by atoms with Gasteiger partial charge in [0.05, 0.1) is 12.0 Å². The van der Waals surface area contributed by atoms with E-state index in [1.165, 1.54) is 10.9 Å². The van der Waals surface area contributed by atoms with E-state index in [0.29, 0.717) is 20.2 Å². The van der Waals surface area contributed by atoms with Crippen LogP contribution in [-0.4, -0.2) is 57.3 Å². The van der Waals surface area contributed by atoms with E-state index in [9.17, 15) is 9.90 Å². The van der Waals surface area contributed by atoms with Gasteiger partial charge in [0.15, 0.2) is 12.4 Å². The molecule has 0 bridgehead atoms. The number of amides is 1. The first-order chi connectivity index (χ1) is 15.5. The summed E-state index contributed by atoms with van der Waals surface area (Å²) in [5.74, 6) is -0.0724. The number of alkyl halides is 1. The van der Waals surface area contributed by atoms with Gasteiger partial charge in [-0.05, 0) is 40.3 Å². The minimum atomic E-state index is -1.68. The molecule has 3 aromatic rings. The van der Waals surface area contributed by atoms with Gasteiger partial charge >= 0.3 is 0 Å². The molecule has 1 aromatic carbocycles. The number of carbonyl (C=O) groups excluding carboxylic acids is 1. The van der Waals surface area contributed by atoms with Gasteiger partial charge in [-0.15, -0.1) is 0 Å². The van der Waals surface area contributed by atoms with Crippen LogP contribution < -0.4 is 5.32 Å². The Hall–Kier alpha value is -2.84. The number of nitrogens with zero attached hydrogens (tertiary/aromatic N) is 6. The second-order valence-corrected chi connectivity index (χ2v) is 7.97. The molecule has 166 valence electrons. The van der Waals surface area contributed by atoms with E-state index in [2.05, 4.69) is 25.3 Å². The zero-order valence-corrected chi connectivity index (χ0v) is 18.5. The molecule has 1 saturated heterocycles. The molecule has 0 saturated carbocycles. The summed E-state index contributed by atoms with van der Waals surface area (Å²) in [6.45, 7) is -0.878. The number of fused-ring (bicyclic) bond motifs is 1. The summed E-state index contributed by atoms with van der Waals surface area (Å²) in [6.07, 6.45) is -2.04. The number of hydrogen-bond donors (Lipinski definition) is 2. The Morgan fingerprint density at radius 3 is 2.91 bits per heavy atom. The maximum atomic E-state index is 15.2. The molecule has 0 radical (unpaired) electrons. The van der Waals surface area contributed by atoms with Gasteiger partial charge in [0.2, 0.25) is 0 Å². The Bertz CT molecular complexity index is 1170. The minimum Gasteiger partial charge on any atom is -0.394 e. The number of hydrogen-bond acceptors (Lipinski definition) is 7. The van der Waals surface area contributed by atoms with Crippen LogP contribution in [0.5, 0.6) is 0 Å². The van der Waals surface area contributed by atoms with E-state index in [4.69, 9.17) is 15.0 Å². The Labute approximate surface area is 194 Å². The molecule has 0 spiro atoms. The van der Waals surface area contributed by atoms with Crippen molar-refractivity contribution in [3.8, 4) is 0 Å². The number of nitrogens with one attached hydrogen (secondary N) is 1. The smallest absolute Gasteiger partial charge is 0.256 e. The fraction of sp³-hybridized carbons (Fsp3) is 0.316. The molecule has 11 nitrogen and oxygen atoms in total. The van der Waals surface area contributed by atoms with Crippen molar-refractivity contribution in [3.63, 3.8) is 0 Å². The van der Waals surface area contributed by atoms with Crippen molar-refractivity contribution in [3.05, 3.63) is 62.4 Å². The highest BCUT2D eigenvalue weighted by Gasteiger charge is 2.47. The number of benzene rings is 1. The number of aliphatic hydroxyl groups is 1. The average molecular weight is 553 g/mol. The lowest BCUT2D eigenvalue weighted by Gasteiger charge is -2.17. The lowest BCUT2D eigenvalue weighted by Crippen LogP contribution is -2.33. The Kier molecular flexibility index (Phi) is 6.81. The van der Waals surface area contributed by atoms with Crippen molar-refractivity contribution in [2.24, 2.45) is 5.11 Å². The Morgan fingerprint density at radius 1 is 1.41 bits per heavy atom. The third-order valence-corrected chi connectivity index (χ3v) is 5.76. The number of halogens is 2. The summed E-state index contributed by atoms with van der Waals surface area (Å²) in [5, 5.41) is 16.1. The molecule has 4 rings (SSSR count). The van der Waals surface area contributed by atoms with Crippen LogP contribution in [0, 0.1) is 3.57 Å². The summed E-state index contributed by atoms with van der Waals surface area (Å²) < 4.78 is 28.3. The number of anilines is 1. The van der Waals surface area contributed by atoms with Gasteiger partial charge in [-0.1, -0.05) is 23.3 Å². The van der Waals surface area contributed by atoms with Crippen LogP contribution in [0.3, 0.4) is 0 Å². The maximum Gasteiger partial charge on any atom is 0.256 e. The first-order valence-corrected chi connectivity index (χ1v) is 10.5. The number of azide groups is 1. The van der Waals surface area contributed by atoms with Gasteiger partial charge in [0.25, 0.3) is 5.91 Å². The van der Waals surface area contributed by atoms with Gasteiger partial charge in [0, 0.05) is 20.2 Å². The van der Waals surface area contributed by atoms with E-state index in [1.807, 2.05) is 22.6 Å². The fourth-order valence-electron chi connectivity index (χ4n) is 3.51.